The SMILES string of the molecule is NN=CNN=CC1(C(=O)O)CS[C@@H]2C(N)C(=O)N2C1. The van der Waals surface area contributed by atoms with Crippen LogP contribution < -0.4 is 17.0 Å². The average molecular weight is 286 g/mol. The Morgan fingerprint density at radius 1 is 1.68 bits per heavy atom. The van der Waals surface area contributed by atoms with Gasteiger partial charge in [0.2, 0.25) is 5.91 Å². The van der Waals surface area contributed by atoms with Gasteiger partial charge in [-0.2, -0.15) is 10.2 Å². The second kappa shape index (κ2) is 5.05. The van der Waals surface area contributed by atoms with E-state index in [2.05, 4.69) is 15.6 Å². The summed E-state index contributed by atoms with van der Waals surface area (Å²) >= 11 is 1.35. The maximum absolute atomic E-state index is 11.6. The largest absolute Gasteiger partial charge is 0.480 e. The summed E-state index contributed by atoms with van der Waals surface area (Å²) in [5.74, 6) is 3.90. The highest BCUT2D eigenvalue weighted by Crippen LogP contribution is 2.40. The number of aliphatic carboxylic acids is 1. The second-order valence-corrected chi connectivity index (χ2v) is 5.43. The standard InChI is InChI=1S/C9H14N6O3S/c10-5-6(16)15-2-9(8(17)18,3-19-7(5)15)1-13-14-4-12-11/h1,4-5,7H,2-3,10-11H2,(H,12,14)(H,17,18)/t5?,7-,9?/m1/s1. The molecule has 0 radical (unpaired) electrons. The monoisotopic (exact) mass is 286 g/mol. The molecule has 104 valence electrons. The Labute approximate surface area is 113 Å². The third-order valence-electron chi connectivity index (χ3n) is 3.09. The molecule has 0 aromatic carbocycles. The number of rotatable bonds is 4. The van der Waals surface area contributed by atoms with Crippen LogP contribution in [0.1, 0.15) is 0 Å². The van der Waals surface area contributed by atoms with Gasteiger partial charge in [-0.15, -0.1) is 11.8 Å². The fourth-order valence-corrected chi connectivity index (χ4v) is 3.43. The van der Waals surface area contributed by atoms with E-state index in [4.69, 9.17) is 11.6 Å². The lowest BCUT2D eigenvalue weighted by molar-refractivity contribution is -0.152. The number of nitrogens with zero attached hydrogens (tertiary/aromatic N) is 3. The first-order valence-corrected chi connectivity index (χ1v) is 6.49. The van der Waals surface area contributed by atoms with E-state index in [1.165, 1.54) is 22.9 Å². The summed E-state index contributed by atoms with van der Waals surface area (Å²) in [6.45, 7) is 0.0669. The molecule has 9 nitrogen and oxygen atoms in total. The molecule has 2 fully saturated rings. The smallest absolute Gasteiger partial charge is 0.317 e. The van der Waals surface area contributed by atoms with Crippen LogP contribution in [0, 0.1) is 5.41 Å². The van der Waals surface area contributed by atoms with Gasteiger partial charge in [-0.05, 0) is 0 Å². The summed E-state index contributed by atoms with van der Waals surface area (Å²) in [5, 5.41) is 16.1. The van der Waals surface area contributed by atoms with Crippen LogP contribution in [-0.4, -0.2) is 58.1 Å². The van der Waals surface area contributed by atoms with Gasteiger partial charge in [0, 0.05) is 18.5 Å². The maximum Gasteiger partial charge on any atom is 0.317 e. The molecule has 2 aliphatic rings. The predicted molar refractivity (Wildman–Crippen MR) is 70.3 cm³/mol. The molecule has 0 bridgehead atoms. The molecule has 0 aliphatic carbocycles. The first-order valence-electron chi connectivity index (χ1n) is 5.44. The number of nitrogens with one attached hydrogen (secondary N) is 1. The minimum absolute atomic E-state index is 0.0669. The molecule has 0 saturated carbocycles. The third-order valence-corrected chi connectivity index (χ3v) is 4.66. The highest BCUT2D eigenvalue weighted by molar-refractivity contribution is 8.00. The van der Waals surface area contributed by atoms with E-state index in [1.54, 1.807) is 0 Å². The van der Waals surface area contributed by atoms with Crippen molar-refractivity contribution >= 4 is 36.2 Å². The highest BCUT2D eigenvalue weighted by Gasteiger charge is 2.55. The molecule has 0 spiro atoms. The molecule has 19 heavy (non-hydrogen) atoms. The second-order valence-electron chi connectivity index (χ2n) is 4.32. The Balaban J connectivity index is 2.11. The molecule has 2 rings (SSSR count). The van der Waals surface area contributed by atoms with Crippen LogP contribution in [0.2, 0.25) is 0 Å². The number of hydrogen-bond donors (Lipinski definition) is 4. The fourth-order valence-electron chi connectivity index (χ4n) is 1.99. The zero-order valence-electron chi connectivity index (χ0n) is 9.89. The number of fused-ring (bicyclic) bond motifs is 1. The number of amides is 1. The Morgan fingerprint density at radius 3 is 3.05 bits per heavy atom. The summed E-state index contributed by atoms with van der Waals surface area (Å²) in [5.41, 5.74) is 6.79. The van der Waals surface area contributed by atoms with Crippen molar-refractivity contribution in [3.05, 3.63) is 0 Å². The Morgan fingerprint density at radius 2 is 2.42 bits per heavy atom. The van der Waals surface area contributed by atoms with Crippen molar-refractivity contribution in [3.8, 4) is 0 Å². The van der Waals surface area contributed by atoms with Crippen molar-refractivity contribution in [2.45, 2.75) is 11.4 Å². The molecule has 2 saturated heterocycles. The van der Waals surface area contributed by atoms with E-state index in [-0.39, 0.29) is 17.8 Å². The molecule has 2 heterocycles. The number of carbonyl (C=O) groups excluding carboxylic acids is 1. The molecule has 6 N–H and O–H groups in total. The first kappa shape index (κ1) is 13.6. The Kier molecular flexibility index (Phi) is 3.62. The average Bonchev–Trinajstić information content (AvgIpc) is 2.42. The van der Waals surface area contributed by atoms with Gasteiger partial charge < -0.3 is 21.6 Å². The molecule has 3 atom stereocenters. The topological polar surface area (TPSA) is 146 Å². The van der Waals surface area contributed by atoms with Crippen molar-refractivity contribution in [1.82, 2.24) is 10.3 Å². The van der Waals surface area contributed by atoms with Crippen molar-refractivity contribution in [1.29, 1.82) is 0 Å². The molecular formula is C9H14N6O3S. The van der Waals surface area contributed by atoms with Crippen molar-refractivity contribution in [3.63, 3.8) is 0 Å². The lowest BCUT2D eigenvalue weighted by atomic mass is 9.88. The molecule has 10 heteroatoms. The van der Waals surface area contributed by atoms with Crippen LogP contribution in [-0.2, 0) is 9.59 Å². The number of hydrogen-bond acceptors (Lipinski definition) is 7. The summed E-state index contributed by atoms with van der Waals surface area (Å²) in [4.78, 5) is 24.5. The van der Waals surface area contributed by atoms with Gasteiger partial charge in [-0.1, -0.05) is 0 Å². The summed E-state index contributed by atoms with van der Waals surface area (Å²) in [7, 11) is 0. The van der Waals surface area contributed by atoms with Gasteiger partial charge in [-0.3, -0.25) is 15.0 Å². The van der Waals surface area contributed by atoms with Gasteiger partial charge in [0.05, 0.1) is 0 Å². The Bertz CT molecular complexity index is 455. The molecule has 0 aromatic heterocycles. The van der Waals surface area contributed by atoms with Crippen LogP contribution in [0.4, 0.5) is 0 Å². The van der Waals surface area contributed by atoms with Crippen molar-refractivity contribution < 1.29 is 14.7 Å². The van der Waals surface area contributed by atoms with E-state index in [1.807, 2.05) is 0 Å². The van der Waals surface area contributed by atoms with Crippen LogP contribution >= 0.6 is 11.8 Å². The van der Waals surface area contributed by atoms with E-state index in [9.17, 15) is 14.7 Å². The van der Waals surface area contributed by atoms with Crippen LogP contribution in [0.3, 0.4) is 0 Å². The van der Waals surface area contributed by atoms with Gasteiger partial charge in [0.1, 0.15) is 23.2 Å². The maximum atomic E-state index is 11.6. The number of thioether (sulfide) groups is 1. The lowest BCUT2D eigenvalue weighted by Gasteiger charge is -2.51. The first-order chi connectivity index (χ1) is 9.02. The summed E-state index contributed by atoms with van der Waals surface area (Å²) in [6.07, 6.45) is 2.38. The number of nitrogens with two attached hydrogens (primary N) is 2. The van der Waals surface area contributed by atoms with E-state index >= 15 is 0 Å². The number of carboxylic acids is 1. The number of carboxylic acid groups (broad SMARTS) is 1. The zero-order chi connectivity index (χ0) is 14.0. The van der Waals surface area contributed by atoms with E-state index in [0.29, 0.717) is 5.75 Å². The number of carbonyl (C=O) groups is 2. The zero-order valence-corrected chi connectivity index (χ0v) is 10.7. The third kappa shape index (κ3) is 2.24. The number of hydrazone groups is 2. The quantitative estimate of drug-likeness (QED) is 0.150. The minimum atomic E-state index is -1.23. The summed E-state index contributed by atoms with van der Waals surface area (Å²) in [6, 6.07) is -0.531. The van der Waals surface area contributed by atoms with Crippen molar-refractivity contribution in [2.24, 2.45) is 27.2 Å². The van der Waals surface area contributed by atoms with Crippen LogP contribution in [0.5, 0.6) is 0 Å². The molecular weight excluding hydrogens is 272 g/mol. The molecule has 2 unspecified atom stereocenters. The molecule has 1 amide bonds. The van der Waals surface area contributed by atoms with Gasteiger partial charge in [-0.25, -0.2) is 0 Å². The van der Waals surface area contributed by atoms with Gasteiger partial charge in [0.25, 0.3) is 0 Å². The van der Waals surface area contributed by atoms with Crippen molar-refractivity contribution in [2.75, 3.05) is 12.3 Å². The normalized spacial score (nSPS) is 34.4. The van der Waals surface area contributed by atoms with E-state index < -0.39 is 17.4 Å². The highest BCUT2D eigenvalue weighted by atomic mass is 32.2. The minimum Gasteiger partial charge on any atom is -0.480 e. The molecule has 2 aliphatic heterocycles. The lowest BCUT2D eigenvalue weighted by Crippen LogP contribution is -2.72. The fraction of sp³-hybridized carbons (Fsp3) is 0.556. The predicted octanol–water partition coefficient (Wildman–Crippen LogP) is -2.22. The van der Waals surface area contributed by atoms with Gasteiger partial charge >= 0.3 is 5.97 Å². The summed E-state index contributed by atoms with van der Waals surface area (Å²) < 4.78 is 0. The van der Waals surface area contributed by atoms with Crippen LogP contribution in [0.15, 0.2) is 10.2 Å². The molecule has 0 aromatic rings. The van der Waals surface area contributed by atoms with Crippen LogP contribution in [0.25, 0.3) is 0 Å². The Hall–Kier alpha value is -1.81. The number of β-lactam (4-membered cyclic amide) rings is 1. The van der Waals surface area contributed by atoms with Gasteiger partial charge in [0.15, 0.2) is 0 Å². The van der Waals surface area contributed by atoms with E-state index in [0.717, 1.165) is 6.34 Å².